The van der Waals surface area contributed by atoms with Crippen molar-refractivity contribution in [2.24, 2.45) is 0 Å². The number of furan rings is 1. The summed E-state index contributed by atoms with van der Waals surface area (Å²) in [5.74, 6) is 0.400. The highest BCUT2D eigenvalue weighted by Gasteiger charge is 2.44. The van der Waals surface area contributed by atoms with Gasteiger partial charge < -0.3 is 24.7 Å². The maximum Gasteiger partial charge on any atom is 0.287 e. The Bertz CT molecular complexity index is 894. The van der Waals surface area contributed by atoms with E-state index in [2.05, 4.69) is 10.6 Å². The summed E-state index contributed by atoms with van der Waals surface area (Å²) in [7, 11) is 1.60. The normalized spacial score (nSPS) is 23.9. The second kappa shape index (κ2) is 7.98. The fourth-order valence-corrected chi connectivity index (χ4v) is 3.94. The number of carbonyl (C=O) groups is 3. The molecule has 0 aliphatic carbocycles. The zero-order valence-corrected chi connectivity index (χ0v) is 16.1. The highest BCUT2D eigenvalue weighted by atomic mass is 16.5. The van der Waals surface area contributed by atoms with Crippen LogP contribution < -0.4 is 15.4 Å². The number of nitrogens with one attached hydrogen (secondary N) is 2. The first-order valence-corrected chi connectivity index (χ1v) is 9.63. The molecular weight excluding hydrogens is 374 g/mol. The van der Waals surface area contributed by atoms with E-state index in [9.17, 15) is 14.4 Å². The van der Waals surface area contributed by atoms with Crippen molar-refractivity contribution in [3.8, 4) is 5.75 Å². The topological polar surface area (TPSA) is 101 Å². The summed E-state index contributed by atoms with van der Waals surface area (Å²) in [6, 6.07) is 9.35. The molecule has 8 heteroatoms. The number of hydrogen-bond donors (Lipinski definition) is 2. The number of amides is 3. The van der Waals surface area contributed by atoms with Crippen LogP contribution >= 0.6 is 0 Å². The van der Waals surface area contributed by atoms with Gasteiger partial charge in [-0.15, -0.1) is 0 Å². The van der Waals surface area contributed by atoms with E-state index < -0.39 is 12.1 Å². The smallest absolute Gasteiger partial charge is 0.287 e. The predicted molar refractivity (Wildman–Crippen MR) is 103 cm³/mol. The van der Waals surface area contributed by atoms with E-state index in [0.717, 1.165) is 11.3 Å². The van der Waals surface area contributed by atoms with Gasteiger partial charge in [0, 0.05) is 19.0 Å². The van der Waals surface area contributed by atoms with E-state index in [1.165, 1.54) is 6.26 Å². The quantitative estimate of drug-likeness (QED) is 0.787. The molecule has 2 aliphatic heterocycles. The number of nitrogens with zero attached hydrogens (tertiary/aromatic N) is 1. The molecular formula is C21H23N3O5. The maximum absolute atomic E-state index is 12.9. The molecule has 8 nitrogen and oxygen atoms in total. The van der Waals surface area contributed by atoms with E-state index in [-0.39, 0.29) is 29.5 Å². The molecule has 152 valence electrons. The van der Waals surface area contributed by atoms with Gasteiger partial charge in [0.05, 0.1) is 13.4 Å². The molecule has 0 radical (unpaired) electrons. The van der Waals surface area contributed by atoms with Gasteiger partial charge in [-0.1, -0.05) is 12.1 Å². The van der Waals surface area contributed by atoms with E-state index in [4.69, 9.17) is 9.15 Å². The minimum atomic E-state index is -0.582. The molecule has 3 amide bonds. The fourth-order valence-electron chi connectivity index (χ4n) is 3.94. The molecule has 1 aromatic heterocycles. The number of piperazine rings is 1. The first-order valence-electron chi connectivity index (χ1n) is 9.63. The Morgan fingerprint density at radius 3 is 2.76 bits per heavy atom. The number of carbonyl (C=O) groups excluding carboxylic acids is 3. The summed E-state index contributed by atoms with van der Waals surface area (Å²) in [6.45, 7) is 0.430. The number of fused-ring (bicyclic) bond motifs is 1. The number of ether oxygens (including phenoxy) is 1. The number of rotatable bonds is 5. The Balaban J connectivity index is 1.38. The van der Waals surface area contributed by atoms with Crippen LogP contribution in [0.2, 0.25) is 0 Å². The van der Waals surface area contributed by atoms with Crippen molar-refractivity contribution in [2.75, 3.05) is 13.7 Å². The Morgan fingerprint density at radius 2 is 2.07 bits per heavy atom. The first-order chi connectivity index (χ1) is 14.0. The molecule has 4 rings (SSSR count). The standard InChI is InChI=1S/C21H23N3O5/c1-28-15-6-4-13(5-7-15)11-16-21(27)24-9-8-14(12-17(24)19(25)23-16)22-20(26)18-3-2-10-29-18/h2-7,10,14,16-17H,8-9,11-12H2,1H3,(H,22,26)(H,23,25). The van der Waals surface area contributed by atoms with Crippen LogP contribution in [0.4, 0.5) is 0 Å². The molecule has 29 heavy (non-hydrogen) atoms. The Kier molecular flexibility index (Phi) is 5.24. The molecule has 0 saturated carbocycles. The molecule has 0 bridgehead atoms. The zero-order valence-electron chi connectivity index (χ0n) is 16.1. The third-order valence-electron chi connectivity index (χ3n) is 5.48. The molecule has 2 aromatic rings. The lowest BCUT2D eigenvalue weighted by atomic mass is 9.91. The van der Waals surface area contributed by atoms with Crippen LogP contribution in [0, 0.1) is 0 Å². The first kappa shape index (κ1) is 19.0. The molecule has 3 unspecified atom stereocenters. The third-order valence-corrected chi connectivity index (χ3v) is 5.48. The Labute approximate surface area is 168 Å². The van der Waals surface area contributed by atoms with E-state index >= 15 is 0 Å². The highest BCUT2D eigenvalue weighted by Crippen LogP contribution is 2.24. The van der Waals surface area contributed by atoms with Gasteiger partial charge in [0.15, 0.2) is 5.76 Å². The van der Waals surface area contributed by atoms with Crippen LogP contribution in [-0.2, 0) is 16.0 Å². The fraction of sp³-hybridized carbons (Fsp3) is 0.381. The summed E-state index contributed by atoms with van der Waals surface area (Å²) in [5, 5.41) is 5.74. The molecule has 3 atom stereocenters. The molecule has 2 N–H and O–H groups in total. The van der Waals surface area contributed by atoms with Crippen LogP contribution in [0.3, 0.4) is 0 Å². The van der Waals surface area contributed by atoms with Crippen LogP contribution in [0.1, 0.15) is 29.0 Å². The average molecular weight is 397 g/mol. The number of methoxy groups -OCH3 is 1. The second-order valence-corrected chi connectivity index (χ2v) is 7.33. The van der Waals surface area contributed by atoms with Gasteiger partial charge in [-0.3, -0.25) is 14.4 Å². The van der Waals surface area contributed by atoms with Gasteiger partial charge in [0.1, 0.15) is 17.8 Å². The third kappa shape index (κ3) is 3.96. The van der Waals surface area contributed by atoms with Gasteiger partial charge in [0.25, 0.3) is 5.91 Å². The second-order valence-electron chi connectivity index (χ2n) is 7.33. The van der Waals surface area contributed by atoms with E-state index in [1.54, 1.807) is 24.1 Å². The number of benzene rings is 1. The average Bonchev–Trinajstić information content (AvgIpc) is 3.27. The van der Waals surface area contributed by atoms with Gasteiger partial charge in [-0.05, 0) is 42.7 Å². The van der Waals surface area contributed by atoms with Crippen molar-refractivity contribution in [3.05, 3.63) is 54.0 Å². The van der Waals surface area contributed by atoms with Crippen molar-refractivity contribution in [1.29, 1.82) is 0 Å². The number of piperidine rings is 1. The van der Waals surface area contributed by atoms with Crippen LogP contribution in [0.15, 0.2) is 47.1 Å². The van der Waals surface area contributed by atoms with Gasteiger partial charge in [-0.2, -0.15) is 0 Å². The summed E-state index contributed by atoms with van der Waals surface area (Å²) in [6.07, 6.45) is 2.85. The summed E-state index contributed by atoms with van der Waals surface area (Å²) >= 11 is 0. The zero-order chi connectivity index (χ0) is 20.4. The minimum absolute atomic E-state index is 0.0822. The molecule has 2 saturated heterocycles. The van der Waals surface area contributed by atoms with Crippen LogP contribution in [0.25, 0.3) is 0 Å². The molecule has 3 heterocycles. The maximum atomic E-state index is 12.9. The van der Waals surface area contributed by atoms with Gasteiger partial charge in [-0.25, -0.2) is 0 Å². The van der Waals surface area contributed by atoms with E-state index in [0.29, 0.717) is 25.8 Å². The summed E-state index contributed by atoms with van der Waals surface area (Å²) in [5.41, 5.74) is 0.948. The van der Waals surface area contributed by atoms with Crippen molar-refractivity contribution in [1.82, 2.24) is 15.5 Å². The summed E-state index contributed by atoms with van der Waals surface area (Å²) < 4.78 is 10.3. The van der Waals surface area contributed by atoms with E-state index in [1.807, 2.05) is 24.3 Å². The number of hydrogen-bond acceptors (Lipinski definition) is 5. The largest absolute Gasteiger partial charge is 0.497 e. The molecule has 0 spiro atoms. The van der Waals surface area contributed by atoms with Crippen LogP contribution in [-0.4, -0.2) is 54.4 Å². The molecule has 2 fully saturated rings. The lowest BCUT2D eigenvalue weighted by molar-refractivity contribution is -0.151. The van der Waals surface area contributed by atoms with Gasteiger partial charge >= 0.3 is 0 Å². The lowest BCUT2D eigenvalue weighted by Gasteiger charge is -2.44. The predicted octanol–water partition coefficient (Wildman–Crippen LogP) is 1.12. The van der Waals surface area contributed by atoms with Gasteiger partial charge in [0.2, 0.25) is 11.8 Å². The Morgan fingerprint density at radius 1 is 1.28 bits per heavy atom. The SMILES string of the molecule is COc1ccc(CC2NC(=O)C3CC(NC(=O)c4ccco4)CCN3C2=O)cc1. The minimum Gasteiger partial charge on any atom is -0.497 e. The monoisotopic (exact) mass is 397 g/mol. The molecule has 2 aliphatic rings. The van der Waals surface area contributed by atoms with Crippen molar-refractivity contribution >= 4 is 17.7 Å². The van der Waals surface area contributed by atoms with Crippen molar-refractivity contribution < 1.29 is 23.5 Å². The van der Waals surface area contributed by atoms with Crippen molar-refractivity contribution in [3.63, 3.8) is 0 Å². The molecule has 1 aromatic carbocycles. The Hall–Kier alpha value is -3.29. The highest BCUT2D eigenvalue weighted by molar-refractivity contribution is 5.97. The van der Waals surface area contributed by atoms with Crippen molar-refractivity contribution in [2.45, 2.75) is 37.4 Å². The van der Waals surface area contributed by atoms with Crippen LogP contribution in [0.5, 0.6) is 5.75 Å². The summed E-state index contributed by atoms with van der Waals surface area (Å²) in [4.78, 5) is 39.4. The lowest BCUT2D eigenvalue weighted by Crippen LogP contribution is -2.67.